The van der Waals surface area contributed by atoms with Crippen molar-refractivity contribution < 1.29 is 9.90 Å². The van der Waals surface area contributed by atoms with Crippen molar-refractivity contribution >= 4 is 33.5 Å². The van der Waals surface area contributed by atoms with E-state index in [2.05, 4.69) is 40.2 Å². The highest BCUT2D eigenvalue weighted by Crippen LogP contribution is 2.47. The van der Waals surface area contributed by atoms with Gasteiger partial charge in [-0.1, -0.05) is 26.7 Å². The molecule has 0 amide bonds. The fraction of sp³-hybridized carbons (Fsp3) is 0.545. The molecule has 3 heterocycles. The lowest BCUT2D eigenvalue weighted by Gasteiger charge is -2.32. The number of carboxylic acids is 1. The van der Waals surface area contributed by atoms with E-state index >= 15 is 0 Å². The van der Waals surface area contributed by atoms with E-state index in [1.807, 2.05) is 12.1 Å². The Bertz CT molecular complexity index is 1020. The summed E-state index contributed by atoms with van der Waals surface area (Å²) in [6.45, 7) is 7.41. The molecule has 1 saturated carbocycles. The smallest absolute Gasteiger partial charge is 0.314 e. The van der Waals surface area contributed by atoms with E-state index < -0.39 is 11.4 Å². The van der Waals surface area contributed by atoms with E-state index in [0.717, 1.165) is 65.2 Å². The Morgan fingerprint density at radius 2 is 2.13 bits per heavy atom. The molecule has 1 aliphatic rings. The van der Waals surface area contributed by atoms with Gasteiger partial charge in [-0.2, -0.15) is 9.47 Å². The van der Waals surface area contributed by atoms with Crippen LogP contribution in [0.2, 0.25) is 0 Å². The second-order valence-corrected chi connectivity index (χ2v) is 9.03. The number of aromatic nitrogens is 4. The number of hydrogen-bond acceptors (Lipinski definition) is 6. The number of carboxylic acid groups (broad SMARTS) is 1. The van der Waals surface area contributed by atoms with E-state index in [0.29, 0.717) is 18.9 Å². The maximum atomic E-state index is 12.5. The van der Waals surface area contributed by atoms with Gasteiger partial charge in [-0.3, -0.25) is 9.89 Å². The van der Waals surface area contributed by atoms with E-state index in [-0.39, 0.29) is 0 Å². The third-order valence-electron chi connectivity index (χ3n) is 6.43. The highest BCUT2D eigenvalue weighted by atomic mass is 32.1. The summed E-state index contributed by atoms with van der Waals surface area (Å²) in [4.78, 5) is 19.9. The molecule has 1 unspecified atom stereocenters. The third-order valence-corrected chi connectivity index (χ3v) is 7.30. The predicted octanol–water partition coefficient (Wildman–Crippen LogP) is 4.99. The van der Waals surface area contributed by atoms with E-state index in [4.69, 9.17) is 4.98 Å². The molecule has 1 fully saturated rings. The van der Waals surface area contributed by atoms with Crippen LogP contribution in [0.1, 0.15) is 64.9 Å². The predicted molar refractivity (Wildman–Crippen MR) is 120 cm³/mol. The molecule has 30 heavy (non-hydrogen) atoms. The van der Waals surface area contributed by atoms with Gasteiger partial charge in [-0.05, 0) is 61.8 Å². The molecule has 3 aromatic heterocycles. The average molecular weight is 428 g/mol. The van der Waals surface area contributed by atoms with Gasteiger partial charge in [-0.25, -0.2) is 4.98 Å². The first kappa shape index (κ1) is 20.8. The molecule has 2 N–H and O–H groups in total. The van der Waals surface area contributed by atoms with Crippen molar-refractivity contribution in [1.29, 1.82) is 0 Å². The van der Waals surface area contributed by atoms with Crippen LogP contribution < -0.4 is 4.90 Å². The third kappa shape index (κ3) is 3.37. The largest absolute Gasteiger partial charge is 0.481 e. The van der Waals surface area contributed by atoms with Crippen molar-refractivity contribution in [3.63, 3.8) is 0 Å². The van der Waals surface area contributed by atoms with E-state index in [1.54, 1.807) is 6.20 Å². The number of aliphatic carboxylic acids is 1. The lowest BCUT2D eigenvalue weighted by Crippen LogP contribution is -2.36. The van der Waals surface area contributed by atoms with Crippen LogP contribution in [0, 0.1) is 0 Å². The fourth-order valence-corrected chi connectivity index (χ4v) is 5.52. The van der Waals surface area contributed by atoms with Crippen molar-refractivity contribution in [3.8, 4) is 11.4 Å². The Morgan fingerprint density at radius 1 is 1.37 bits per heavy atom. The summed E-state index contributed by atoms with van der Waals surface area (Å²) in [7, 11) is 0. The number of fused-ring (bicyclic) bond motifs is 1. The van der Waals surface area contributed by atoms with Gasteiger partial charge in [0.1, 0.15) is 17.0 Å². The monoisotopic (exact) mass is 427 g/mol. The number of rotatable bonds is 8. The zero-order chi connectivity index (χ0) is 21.3. The molecule has 0 radical (unpaired) electrons. The normalized spacial score (nSPS) is 16.8. The van der Waals surface area contributed by atoms with Crippen LogP contribution in [0.3, 0.4) is 0 Å². The summed E-state index contributed by atoms with van der Waals surface area (Å²) < 4.78 is 5.55. The van der Waals surface area contributed by atoms with Crippen molar-refractivity contribution in [2.24, 2.45) is 0 Å². The number of nitrogens with one attached hydrogen (secondary N) is 1. The zero-order valence-corrected chi connectivity index (χ0v) is 18.6. The highest BCUT2D eigenvalue weighted by Gasteiger charge is 2.45. The molecule has 1 aliphatic carbocycles. The first-order valence-corrected chi connectivity index (χ1v) is 11.6. The van der Waals surface area contributed by atoms with Gasteiger partial charge in [0.15, 0.2) is 0 Å². The van der Waals surface area contributed by atoms with Crippen LogP contribution in [-0.4, -0.2) is 43.2 Å². The molecule has 7 nitrogen and oxygen atoms in total. The standard InChI is InChI=1S/C22H29N5O2S/c1-4-12-27(14(3)5-2)17-13-15(22(21(28)29)9-6-7-10-22)20-19(24-17)18(26-30-20)16-8-11-23-25-16/h8,11,13-14H,4-7,9-10,12H2,1-3H3,(H,23,25)(H,28,29). The molecule has 0 aliphatic heterocycles. The second kappa shape index (κ2) is 8.34. The molecule has 4 rings (SSSR count). The quantitative estimate of drug-likeness (QED) is 0.526. The molecule has 0 bridgehead atoms. The van der Waals surface area contributed by atoms with Gasteiger partial charge < -0.3 is 10.0 Å². The molecule has 0 spiro atoms. The minimum absolute atomic E-state index is 0.314. The molecule has 3 aromatic rings. The molecule has 1 atom stereocenters. The lowest BCUT2D eigenvalue weighted by atomic mass is 9.79. The van der Waals surface area contributed by atoms with E-state index in [9.17, 15) is 9.90 Å². The first-order chi connectivity index (χ1) is 14.5. The maximum Gasteiger partial charge on any atom is 0.314 e. The zero-order valence-electron chi connectivity index (χ0n) is 17.8. The summed E-state index contributed by atoms with van der Waals surface area (Å²) in [5, 5.41) is 17.3. The van der Waals surface area contributed by atoms with Crippen molar-refractivity contribution in [3.05, 3.63) is 23.9 Å². The minimum atomic E-state index is -0.860. The van der Waals surface area contributed by atoms with Crippen molar-refractivity contribution in [2.45, 2.75) is 70.8 Å². The molecular formula is C22H29N5O2S. The van der Waals surface area contributed by atoms with Gasteiger partial charge in [0.2, 0.25) is 0 Å². The average Bonchev–Trinajstić information content (AvgIpc) is 3.50. The maximum absolute atomic E-state index is 12.5. The number of nitrogens with zero attached hydrogens (tertiary/aromatic N) is 4. The molecular weight excluding hydrogens is 398 g/mol. The summed E-state index contributed by atoms with van der Waals surface area (Å²) in [6, 6.07) is 4.23. The Hall–Kier alpha value is -2.48. The van der Waals surface area contributed by atoms with Gasteiger partial charge in [-0.15, -0.1) is 0 Å². The fourth-order valence-electron chi connectivity index (χ4n) is 4.57. The molecule has 0 aromatic carbocycles. The van der Waals surface area contributed by atoms with Crippen LogP contribution in [-0.2, 0) is 10.2 Å². The molecule has 160 valence electrons. The summed E-state index contributed by atoms with van der Waals surface area (Å²) in [5.74, 6) is 0.114. The number of H-pyrrole nitrogens is 1. The Morgan fingerprint density at radius 3 is 2.73 bits per heavy atom. The SMILES string of the molecule is CCCN(c1cc(C2(C(=O)O)CCCC2)c2snc(-c3ccn[nH]3)c2n1)C(C)CC. The van der Waals surface area contributed by atoms with Gasteiger partial charge >= 0.3 is 5.97 Å². The second-order valence-electron chi connectivity index (χ2n) is 8.25. The van der Waals surface area contributed by atoms with E-state index in [1.165, 1.54) is 11.5 Å². The summed E-state index contributed by atoms with van der Waals surface area (Å²) >= 11 is 1.35. The molecule has 8 heteroatoms. The number of anilines is 1. The molecule has 0 saturated heterocycles. The lowest BCUT2D eigenvalue weighted by molar-refractivity contribution is -0.143. The van der Waals surface area contributed by atoms with Crippen molar-refractivity contribution in [2.75, 3.05) is 11.4 Å². The van der Waals surface area contributed by atoms with Gasteiger partial charge in [0.25, 0.3) is 0 Å². The van der Waals surface area contributed by atoms with Crippen LogP contribution in [0.4, 0.5) is 5.82 Å². The highest BCUT2D eigenvalue weighted by molar-refractivity contribution is 7.13. The Kier molecular flexibility index (Phi) is 5.77. The topological polar surface area (TPSA) is 95.0 Å². The van der Waals surface area contributed by atoms with Gasteiger partial charge in [0, 0.05) is 18.8 Å². The summed E-state index contributed by atoms with van der Waals surface area (Å²) in [6.07, 6.45) is 6.88. The number of aromatic amines is 1. The van der Waals surface area contributed by atoms with Crippen LogP contribution in [0.25, 0.3) is 21.6 Å². The first-order valence-electron chi connectivity index (χ1n) is 10.8. The Labute approximate surface area is 180 Å². The number of pyridine rings is 1. The van der Waals surface area contributed by atoms with Crippen LogP contribution in [0.5, 0.6) is 0 Å². The van der Waals surface area contributed by atoms with Crippen LogP contribution >= 0.6 is 11.5 Å². The van der Waals surface area contributed by atoms with Gasteiger partial charge in [0.05, 0.1) is 15.8 Å². The minimum Gasteiger partial charge on any atom is -0.481 e. The van der Waals surface area contributed by atoms with Crippen LogP contribution in [0.15, 0.2) is 18.3 Å². The Balaban J connectivity index is 1.99. The number of carbonyl (C=O) groups is 1. The van der Waals surface area contributed by atoms with Crippen molar-refractivity contribution in [1.82, 2.24) is 19.6 Å². The summed E-state index contributed by atoms with van der Waals surface area (Å²) in [5.41, 5.74) is 2.34. The number of hydrogen-bond donors (Lipinski definition) is 2.